The Balaban J connectivity index is 0.00000136. The fourth-order valence-corrected chi connectivity index (χ4v) is 5.42. The van der Waals surface area contributed by atoms with Gasteiger partial charge >= 0.3 is 0 Å². The first-order chi connectivity index (χ1) is 14.2. The Labute approximate surface area is 197 Å². The first-order valence-electron chi connectivity index (χ1n) is 10.6. The van der Waals surface area contributed by atoms with Crippen LogP contribution in [-0.2, 0) is 11.3 Å². The van der Waals surface area contributed by atoms with E-state index in [0.717, 1.165) is 38.5 Å². The molecule has 0 saturated carbocycles. The summed E-state index contributed by atoms with van der Waals surface area (Å²) in [5, 5.41) is 0. The molecule has 7 heteroatoms. The molecule has 0 aromatic heterocycles. The van der Waals surface area contributed by atoms with Crippen molar-refractivity contribution >= 4 is 30.7 Å². The van der Waals surface area contributed by atoms with Crippen LogP contribution in [0.25, 0.3) is 0 Å². The lowest BCUT2D eigenvalue weighted by Gasteiger charge is -2.28. The second-order valence-electron chi connectivity index (χ2n) is 8.68. The van der Waals surface area contributed by atoms with Crippen LogP contribution in [0.15, 0.2) is 54.6 Å². The molecule has 0 radical (unpaired) electrons. The first-order valence-corrected chi connectivity index (χ1v) is 10.6. The van der Waals surface area contributed by atoms with Crippen LogP contribution in [0.5, 0.6) is 5.75 Å². The van der Waals surface area contributed by atoms with E-state index >= 15 is 0 Å². The van der Waals surface area contributed by atoms with Crippen molar-refractivity contribution in [3.63, 3.8) is 0 Å². The molecule has 2 aromatic rings. The smallest absolute Gasteiger partial charge is 0.236 e. The Bertz CT molecular complexity index is 882. The van der Waals surface area contributed by atoms with E-state index in [1.807, 2.05) is 18.2 Å². The van der Waals surface area contributed by atoms with Crippen molar-refractivity contribution in [2.75, 3.05) is 46.4 Å². The van der Waals surface area contributed by atoms with Crippen LogP contribution < -0.4 is 4.74 Å². The minimum atomic E-state index is 0. The molecule has 2 saturated heterocycles. The predicted molar refractivity (Wildman–Crippen MR) is 127 cm³/mol. The molecule has 3 atom stereocenters. The average molecular weight is 464 g/mol. The Morgan fingerprint density at radius 2 is 1.74 bits per heavy atom. The number of rotatable bonds is 3. The number of hydrogen-bond acceptors (Lipinski definition) is 4. The number of likely N-dealkylation sites (tertiary alicyclic amines) is 2. The molecule has 0 spiro atoms. The summed E-state index contributed by atoms with van der Waals surface area (Å²) in [5.74, 6) is 2.31. The molecule has 3 aliphatic rings. The molecule has 5 rings (SSSR count). The molecule has 5 nitrogen and oxygen atoms in total. The van der Waals surface area contributed by atoms with Crippen LogP contribution in [0, 0.1) is 11.8 Å². The SMILES string of the molecule is CN1C[C@H]2CN(C(=O)CN3CCOc4ccccc4C3)C[C@H]2[C@@H]1c1ccccc1.Cl.Cl. The Kier molecular flexibility index (Phi) is 7.87. The van der Waals surface area contributed by atoms with Gasteiger partial charge in [-0.15, -0.1) is 24.8 Å². The Morgan fingerprint density at radius 1 is 1.00 bits per heavy atom. The maximum Gasteiger partial charge on any atom is 0.236 e. The zero-order valence-corrected chi connectivity index (χ0v) is 19.5. The topological polar surface area (TPSA) is 36.0 Å². The number of halogens is 2. The van der Waals surface area contributed by atoms with Crippen LogP contribution in [0.4, 0.5) is 0 Å². The number of hydrogen-bond donors (Lipinski definition) is 0. The number of ether oxygens (including phenoxy) is 1. The highest BCUT2D eigenvalue weighted by Crippen LogP contribution is 2.44. The summed E-state index contributed by atoms with van der Waals surface area (Å²) in [6.07, 6.45) is 0. The molecule has 3 aliphatic heterocycles. The highest BCUT2D eigenvalue weighted by Gasteiger charge is 2.47. The molecule has 0 N–H and O–H groups in total. The van der Waals surface area contributed by atoms with Gasteiger partial charge in [-0.05, 0) is 24.6 Å². The number of para-hydroxylation sites is 1. The maximum absolute atomic E-state index is 13.1. The summed E-state index contributed by atoms with van der Waals surface area (Å²) in [5.41, 5.74) is 2.54. The molecule has 0 unspecified atom stereocenters. The lowest BCUT2D eigenvalue weighted by Crippen LogP contribution is -2.41. The maximum atomic E-state index is 13.1. The van der Waals surface area contributed by atoms with Crippen molar-refractivity contribution in [2.45, 2.75) is 12.6 Å². The van der Waals surface area contributed by atoms with Gasteiger partial charge in [-0.1, -0.05) is 48.5 Å². The van der Waals surface area contributed by atoms with Crippen molar-refractivity contribution in [1.29, 1.82) is 0 Å². The second-order valence-corrected chi connectivity index (χ2v) is 8.68. The average Bonchev–Trinajstić information content (AvgIpc) is 3.18. The van der Waals surface area contributed by atoms with E-state index in [1.54, 1.807) is 0 Å². The van der Waals surface area contributed by atoms with Gasteiger partial charge in [0.25, 0.3) is 0 Å². The molecular weight excluding hydrogens is 433 g/mol. The van der Waals surface area contributed by atoms with E-state index in [2.05, 4.69) is 58.1 Å². The summed E-state index contributed by atoms with van der Waals surface area (Å²) in [6, 6.07) is 19.3. The van der Waals surface area contributed by atoms with Gasteiger partial charge in [-0.3, -0.25) is 14.6 Å². The number of benzene rings is 2. The zero-order valence-electron chi connectivity index (χ0n) is 17.9. The van der Waals surface area contributed by atoms with Crippen molar-refractivity contribution in [2.24, 2.45) is 11.8 Å². The van der Waals surface area contributed by atoms with Gasteiger partial charge in [0.15, 0.2) is 0 Å². The molecule has 3 heterocycles. The minimum Gasteiger partial charge on any atom is -0.492 e. The van der Waals surface area contributed by atoms with E-state index in [-0.39, 0.29) is 30.7 Å². The Morgan fingerprint density at radius 3 is 2.55 bits per heavy atom. The van der Waals surface area contributed by atoms with Crippen molar-refractivity contribution in [3.8, 4) is 5.75 Å². The molecule has 0 aliphatic carbocycles. The van der Waals surface area contributed by atoms with Crippen molar-refractivity contribution in [1.82, 2.24) is 14.7 Å². The van der Waals surface area contributed by atoms with Crippen LogP contribution in [-0.4, -0.2) is 67.0 Å². The number of nitrogens with zero attached hydrogens (tertiary/aromatic N) is 3. The van der Waals surface area contributed by atoms with E-state index in [4.69, 9.17) is 4.74 Å². The molecule has 31 heavy (non-hydrogen) atoms. The second kappa shape index (κ2) is 10.2. The van der Waals surface area contributed by atoms with Gasteiger partial charge in [0, 0.05) is 50.2 Å². The summed E-state index contributed by atoms with van der Waals surface area (Å²) in [7, 11) is 2.22. The highest BCUT2D eigenvalue weighted by atomic mass is 35.5. The predicted octanol–water partition coefficient (Wildman–Crippen LogP) is 3.49. The zero-order chi connectivity index (χ0) is 19.8. The molecule has 1 amide bonds. The molecule has 2 fully saturated rings. The summed E-state index contributed by atoms with van der Waals surface area (Å²) < 4.78 is 5.85. The van der Waals surface area contributed by atoms with Gasteiger partial charge in [-0.2, -0.15) is 0 Å². The normalized spacial score (nSPS) is 25.5. The fraction of sp³-hybridized carbons (Fsp3) is 0.458. The molecule has 2 aromatic carbocycles. The number of fused-ring (bicyclic) bond motifs is 2. The third-order valence-electron chi connectivity index (χ3n) is 6.78. The van der Waals surface area contributed by atoms with Crippen LogP contribution in [0.1, 0.15) is 17.2 Å². The van der Waals surface area contributed by atoms with Crippen LogP contribution in [0.2, 0.25) is 0 Å². The standard InChI is InChI=1S/C24H29N3O2.2ClH/c1-25-13-20-15-27(16-21(20)24(25)18-7-3-2-4-8-18)23(28)17-26-11-12-29-22-10-6-5-9-19(22)14-26;;/h2-10,20-21,24H,11-17H2,1H3;2*1H/t20-,21+,24-;;/m0../s1. The van der Waals surface area contributed by atoms with E-state index in [9.17, 15) is 4.79 Å². The number of amides is 1. The lowest BCUT2D eigenvalue weighted by molar-refractivity contribution is -0.132. The first kappa shape index (κ1) is 23.9. The minimum absolute atomic E-state index is 0. The van der Waals surface area contributed by atoms with E-state index < -0.39 is 0 Å². The quantitative estimate of drug-likeness (QED) is 0.697. The molecule has 168 valence electrons. The van der Waals surface area contributed by atoms with E-state index in [0.29, 0.717) is 31.0 Å². The summed E-state index contributed by atoms with van der Waals surface area (Å²) in [6.45, 7) is 5.50. The summed E-state index contributed by atoms with van der Waals surface area (Å²) >= 11 is 0. The number of carbonyl (C=O) groups excluding carboxylic acids is 1. The van der Waals surface area contributed by atoms with Gasteiger partial charge < -0.3 is 9.64 Å². The van der Waals surface area contributed by atoms with Crippen molar-refractivity contribution in [3.05, 3.63) is 65.7 Å². The molecule has 0 bridgehead atoms. The Hall–Kier alpha value is -1.79. The van der Waals surface area contributed by atoms with Crippen LogP contribution in [0.3, 0.4) is 0 Å². The fourth-order valence-electron chi connectivity index (χ4n) is 5.42. The van der Waals surface area contributed by atoms with Gasteiger partial charge in [0.1, 0.15) is 12.4 Å². The van der Waals surface area contributed by atoms with Gasteiger partial charge in [-0.25, -0.2) is 0 Å². The monoisotopic (exact) mass is 463 g/mol. The summed E-state index contributed by atoms with van der Waals surface area (Å²) in [4.78, 5) is 19.9. The highest BCUT2D eigenvalue weighted by molar-refractivity contribution is 5.85. The lowest BCUT2D eigenvalue weighted by atomic mass is 9.90. The molecular formula is C24H31Cl2N3O2. The third kappa shape index (κ3) is 4.85. The van der Waals surface area contributed by atoms with Gasteiger partial charge in [0.2, 0.25) is 5.91 Å². The van der Waals surface area contributed by atoms with Crippen LogP contribution >= 0.6 is 24.8 Å². The van der Waals surface area contributed by atoms with Crippen molar-refractivity contribution < 1.29 is 9.53 Å². The number of carbonyl (C=O) groups is 1. The largest absolute Gasteiger partial charge is 0.492 e. The third-order valence-corrected chi connectivity index (χ3v) is 6.78. The van der Waals surface area contributed by atoms with Gasteiger partial charge in [0.05, 0.1) is 6.54 Å². The van der Waals surface area contributed by atoms with E-state index in [1.165, 1.54) is 11.1 Å².